The maximum Gasteiger partial charge on any atom is 0.410 e. The topological polar surface area (TPSA) is 41.6 Å². The van der Waals surface area contributed by atoms with Gasteiger partial charge in [-0.25, -0.2) is 4.79 Å². The fourth-order valence-electron chi connectivity index (χ4n) is 2.24. The molecule has 0 radical (unpaired) electrons. The van der Waals surface area contributed by atoms with Crippen LogP contribution in [-0.2, 0) is 11.3 Å². The number of aryl methyl sites for hydroxylation is 1. The first kappa shape index (κ1) is 15.3. The van der Waals surface area contributed by atoms with Crippen molar-refractivity contribution in [2.45, 2.75) is 52.3 Å². The molecule has 0 aliphatic carbocycles. The molecule has 5 heteroatoms. The van der Waals surface area contributed by atoms with Gasteiger partial charge in [0.1, 0.15) is 5.60 Å². The lowest BCUT2D eigenvalue weighted by molar-refractivity contribution is 0.0291. The number of hydrogen-bond donors (Lipinski definition) is 1. The van der Waals surface area contributed by atoms with E-state index in [2.05, 4.69) is 23.0 Å². The van der Waals surface area contributed by atoms with Crippen LogP contribution in [-0.4, -0.2) is 35.7 Å². The monoisotopic (exact) mass is 296 g/mol. The van der Waals surface area contributed by atoms with Gasteiger partial charge in [-0.3, -0.25) is 0 Å². The van der Waals surface area contributed by atoms with Crippen LogP contribution < -0.4 is 5.32 Å². The van der Waals surface area contributed by atoms with Gasteiger partial charge in [0.2, 0.25) is 0 Å². The smallest absolute Gasteiger partial charge is 0.410 e. The Bertz CT molecular complexity index is 465. The summed E-state index contributed by atoms with van der Waals surface area (Å²) in [6.45, 7) is 10.2. The van der Waals surface area contributed by atoms with Crippen LogP contribution >= 0.6 is 11.3 Å². The maximum absolute atomic E-state index is 12.0. The summed E-state index contributed by atoms with van der Waals surface area (Å²) in [6, 6.07) is 0.363. The van der Waals surface area contributed by atoms with Gasteiger partial charge in [0.15, 0.2) is 0 Å². The molecule has 0 aromatic carbocycles. The van der Waals surface area contributed by atoms with E-state index in [1.807, 2.05) is 20.8 Å². The van der Waals surface area contributed by atoms with Crippen LogP contribution in [0.1, 0.15) is 38.3 Å². The summed E-state index contributed by atoms with van der Waals surface area (Å²) in [7, 11) is 0. The van der Waals surface area contributed by atoms with Crippen LogP contribution in [0, 0.1) is 6.92 Å². The zero-order valence-electron chi connectivity index (χ0n) is 12.7. The SMILES string of the molecule is Cc1cscc1CNC1CCN(C(=O)OC(C)(C)C)C1. The minimum atomic E-state index is -0.420. The molecule has 2 heterocycles. The van der Waals surface area contributed by atoms with E-state index in [0.717, 1.165) is 26.1 Å². The number of amides is 1. The van der Waals surface area contributed by atoms with Gasteiger partial charge in [-0.2, -0.15) is 11.3 Å². The summed E-state index contributed by atoms with van der Waals surface area (Å²) in [5.74, 6) is 0. The van der Waals surface area contributed by atoms with E-state index in [-0.39, 0.29) is 6.09 Å². The first-order valence-corrected chi connectivity index (χ1v) is 8.02. The first-order chi connectivity index (χ1) is 9.35. The maximum atomic E-state index is 12.0. The number of thiophene rings is 1. The highest BCUT2D eigenvalue weighted by Gasteiger charge is 2.29. The van der Waals surface area contributed by atoms with Gasteiger partial charge < -0.3 is 15.0 Å². The summed E-state index contributed by atoms with van der Waals surface area (Å²) >= 11 is 1.74. The highest BCUT2D eigenvalue weighted by Crippen LogP contribution is 2.17. The Morgan fingerprint density at radius 3 is 2.85 bits per heavy atom. The lowest BCUT2D eigenvalue weighted by Crippen LogP contribution is -2.38. The second-order valence-corrected chi connectivity index (χ2v) is 7.12. The van der Waals surface area contributed by atoms with Gasteiger partial charge in [0, 0.05) is 25.7 Å². The van der Waals surface area contributed by atoms with Crippen molar-refractivity contribution in [3.63, 3.8) is 0 Å². The van der Waals surface area contributed by atoms with Crippen LogP contribution in [0.5, 0.6) is 0 Å². The van der Waals surface area contributed by atoms with Gasteiger partial charge in [0.25, 0.3) is 0 Å². The molecule has 1 fully saturated rings. The molecule has 1 unspecified atom stereocenters. The summed E-state index contributed by atoms with van der Waals surface area (Å²) in [5, 5.41) is 7.88. The highest BCUT2D eigenvalue weighted by molar-refractivity contribution is 7.08. The Kier molecular flexibility index (Phi) is 4.70. The van der Waals surface area contributed by atoms with Crippen molar-refractivity contribution in [2.24, 2.45) is 0 Å². The van der Waals surface area contributed by atoms with Crippen molar-refractivity contribution >= 4 is 17.4 Å². The molecule has 112 valence electrons. The third-order valence-electron chi connectivity index (χ3n) is 3.38. The summed E-state index contributed by atoms with van der Waals surface area (Å²) in [5.41, 5.74) is 2.27. The number of nitrogens with zero attached hydrogens (tertiary/aromatic N) is 1. The van der Waals surface area contributed by atoms with Crippen LogP contribution in [0.2, 0.25) is 0 Å². The average Bonchev–Trinajstić information content (AvgIpc) is 2.93. The highest BCUT2D eigenvalue weighted by atomic mass is 32.1. The van der Waals surface area contributed by atoms with Crippen molar-refractivity contribution in [1.82, 2.24) is 10.2 Å². The number of carbonyl (C=O) groups is 1. The third-order valence-corrected chi connectivity index (χ3v) is 4.29. The van der Waals surface area contributed by atoms with Crippen LogP contribution in [0.4, 0.5) is 4.79 Å². The molecule has 1 aliphatic rings. The Hall–Kier alpha value is -1.07. The van der Waals surface area contributed by atoms with E-state index in [1.54, 1.807) is 16.2 Å². The van der Waals surface area contributed by atoms with E-state index >= 15 is 0 Å². The second-order valence-electron chi connectivity index (χ2n) is 6.37. The Labute approximate surface area is 125 Å². The number of hydrogen-bond acceptors (Lipinski definition) is 4. The molecule has 1 N–H and O–H groups in total. The predicted molar refractivity (Wildman–Crippen MR) is 82.1 cm³/mol. The molecule has 1 aromatic rings. The largest absolute Gasteiger partial charge is 0.444 e. The van der Waals surface area contributed by atoms with E-state index in [0.29, 0.717) is 6.04 Å². The third kappa shape index (κ3) is 4.21. The first-order valence-electron chi connectivity index (χ1n) is 7.08. The fourth-order valence-corrected chi connectivity index (χ4v) is 3.10. The number of ether oxygens (including phenoxy) is 1. The van der Waals surface area contributed by atoms with Gasteiger partial charge in [-0.05, 0) is 56.0 Å². The molecule has 1 atom stereocenters. The predicted octanol–water partition coefficient (Wildman–Crippen LogP) is 3.16. The van der Waals surface area contributed by atoms with E-state index in [1.165, 1.54) is 11.1 Å². The normalized spacial score (nSPS) is 19.4. The number of nitrogens with one attached hydrogen (secondary N) is 1. The van der Waals surface area contributed by atoms with E-state index in [9.17, 15) is 4.79 Å². The molecule has 0 saturated carbocycles. The van der Waals surface area contributed by atoms with Crippen molar-refractivity contribution in [3.8, 4) is 0 Å². The van der Waals surface area contributed by atoms with Gasteiger partial charge in [-0.15, -0.1) is 0 Å². The molecule has 2 rings (SSSR count). The standard InChI is InChI=1S/C15H24N2O2S/c1-11-9-20-10-12(11)7-16-13-5-6-17(8-13)14(18)19-15(2,3)4/h9-10,13,16H,5-8H2,1-4H3. The zero-order valence-corrected chi connectivity index (χ0v) is 13.5. The van der Waals surface area contributed by atoms with Crippen LogP contribution in [0.3, 0.4) is 0 Å². The van der Waals surface area contributed by atoms with E-state index < -0.39 is 5.60 Å². The lowest BCUT2D eigenvalue weighted by atomic mass is 10.2. The van der Waals surface area contributed by atoms with E-state index in [4.69, 9.17) is 4.74 Å². The molecule has 1 aliphatic heterocycles. The molecule has 1 amide bonds. The average molecular weight is 296 g/mol. The van der Waals surface area contributed by atoms with Gasteiger partial charge >= 0.3 is 6.09 Å². The Morgan fingerprint density at radius 2 is 2.25 bits per heavy atom. The summed E-state index contributed by atoms with van der Waals surface area (Å²) in [4.78, 5) is 13.8. The molecule has 0 bridgehead atoms. The van der Waals surface area contributed by atoms with Crippen molar-refractivity contribution < 1.29 is 9.53 Å². The molecule has 20 heavy (non-hydrogen) atoms. The van der Waals surface area contributed by atoms with Crippen molar-refractivity contribution in [3.05, 3.63) is 21.9 Å². The molecule has 0 spiro atoms. The van der Waals surface area contributed by atoms with Crippen molar-refractivity contribution in [2.75, 3.05) is 13.1 Å². The van der Waals surface area contributed by atoms with Gasteiger partial charge in [-0.1, -0.05) is 0 Å². The molecular formula is C15H24N2O2S. The van der Waals surface area contributed by atoms with Crippen LogP contribution in [0.15, 0.2) is 10.8 Å². The van der Waals surface area contributed by atoms with Crippen molar-refractivity contribution in [1.29, 1.82) is 0 Å². The zero-order chi connectivity index (χ0) is 14.8. The van der Waals surface area contributed by atoms with Gasteiger partial charge in [0.05, 0.1) is 0 Å². The minimum Gasteiger partial charge on any atom is -0.444 e. The molecule has 1 saturated heterocycles. The van der Waals surface area contributed by atoms with Crippen LogP contribution in [0.25, 0.3) is 0 Å². The molecular weight excluding hydrogens is 272 g/mol. The number of carbonyl (C=O) groups excluding carboxylic acids is 1. The Balaban J connectivity index is 1.78. The minimum absolute atomic E-state index is 0.200. The summed E-state index contributed by atoms with van der Waals surface area (Å²) < 4.78 is 5.40. The second kappa shape index (κ2) is 6.14. The number of likely N-dealkylation sites (tertiary alicyclic amines) is 1. The Morgan fingerprint density at radius 1 is 1.50 bits per heavy atom. The number of rotatable bonds is 3. The molecule has 4 nitrogen and oxygen atoms in total. The quantitative estimate of drug-likeness (QED) is 0.931. The fraction of sp³-hybridized carbons (Fsp3) is 0.667. The summed E-state index contributed by atoms with van der Waals surface area (Å²) in [6.07, 6.45) is 0.788. The lowest BCUT2D eigenvalue weighted by Gasteiger charge is -2.24. The molecule has 1 aromatic heterocycles.